The second kappa shape index (κ2) is 4.22. The van der Waals surface area contributed by atoms with Crippen LogP contribution < -0.4 is 4.90 Å². The van der Waals surface area contributed by atoms with Crippen LogP contribution in [0.4, 0.5) is 5.95 Å². The van der Waals surface area contributed by atoms with Gasteiger partial charge in [0.15, 0.2) is 5.65 Å². The topological polar surface area (TPSA) is 70.7 Å². The van der Waals surface area contributed by atoms with Crippen molar-refractivity contribution in [1.82, 2.24) is 14.6 Å². The van der Waals surface area contributed by atoms with Crippen molar-refractivity contribution < 1.29 is 9.90 Å². The number of halogens is 1. The summed E-state index contributed by atoms with van der Waals surface area (Å²) in [6.45, 7) is 0.460. The minimum absolute atomic E-state index is 0.00143. The van der Waals surface area contributed by atoms with Gasteiger partial charge >= 0.3 is 0 Å². The molecule has 94 valence electrons. The molecule has 0 radical (unpaired) electrons. The number of amides is 1. The Morgan fingerprint density at radius 3 is 3.06 bits per heavy atom. The van der Waals surface area contributed by atoms with Crippen LogP contribution in [-0.4, -0.2) is 38.8 Å². The third kappa shape index (κ3) is 1.83. The fraction of sp³-hybridized carbons (Fsp3) is 0.364. The lowest BCUT2D eigenvalue weighted by molar-refractivity contribution is -0.117. The first-order valence-electron chi connectivity index (χ1n) is 5.60. The van der Waals surface area contributed by atoms with Crippen LogP contribution in [0.1, 0.15) is 6.42 Å². The van der Waals surface area contributed by atoms with E-state index in [4.69, 9.17) is 16.7 Å². The Bertz CT molecular complexity index is 612. The maximum absolute atomic E-state index is 11.8. The molecule has 0 aliphatic carbocycles. The molecule has 1 amide bonds. The van der Waals surface area contributed by atoms with E-state index in [2.05, 4.69) is 10.1 Å². The monoisotopic (exact) mass is 266 g/mol. The van der Waals surface area contributed by atoms with Gasteiger partial charge in [0.2, 0.25) is 5.91 Å². The summed E-state index contributed by atoms with van der Waals surface area (Å²) in [6.07, 6.45) is 1.98. The Balaban J connectivity index is 1.97. The maximum atomic E-state index is 11.8. The number of carbonyl (C=O) groups is 1. The zero-order valence-corrected chi connectivity index (χ0v) is 10.2. The van der Waals surface area contributed by atoms with Gasteiger partial charge in [-0.2, -0.15) is 4.98 Å². The SMILES string of the molecule is O=C1CC(CO)CN1c1nc2ccc(Cl)cn2n1. The summed E-state index contributed by atoms with van der Waals surface area (Å²) >= 11 is 5.86. The number of aromatic nitrogens is 3. The van der Waals surface area contributed by atoms with Crippen LogP contribution in [0.5, 0.6) is 0 Å². The first kappa shape index (κ1) is 11.4. The van der Waals surface area contributed by atoms with Crippen LogP contribution >= 0.6 is 11.6 Å². The molecule has 1 N–H and O–H groups in total. The quantitative estimate of drug-likeness (QED) is 0.870. The van der Waals surface area contributed by atoms with Gasteiger partial charge in [-0.25, -0.2) is 4.52 Å². The van der Waals surface area contributed by atoms with Gasteiger partial charge < -0.3 is 5.11 Å². The van der Waals surface area contributed by atoms with Gasteiger partial charge in [0.1, 0.15) is 0 Å². The van der Waals surface area contributed by atoms with Crippen molar-refractivity contribution >= 4 is 29.1 Å². The van der Waals surface area contributed by atoms with Crippen LogP contribution in [0, 0.1) is 5.92 Å². The molecule has 0 aromatic carbocycles. The van der Waals surface area contributed by atoms with E-state index in [9.17, 15) is 4.79 Å². The molecule has 1 fully saturated rings. The fourth-order valence-electron chi connectivity index (χ4n) is 2.06. The zero-order chi connectivity index (χ0) is 12.7. The van der Waals surface area contributed by atoms with Gasteiger partial charge in [-0.15, -0.1) is 5.10 Å². The molecule has 1 atom stereocenters. The number of nitrogens with zero attached hydrogens (tertiary/aromatic N) is 4. The van der Waals surface area contributed by atoms with Crippen molar-refractivity contribution in [3.8, 4) is 0 Å². The van der Waals surface area contributed by atoms with E-state index in [1.807, 2.05) is 0 Å². The number of carbonyl (C=O) groups excluding carboxylic acids is 1. The zero-order valence-electron chi connectivity index (χ0n) is 9.45. The van der Waals surface area contributed by atoms with Gasteiger partial charge in [-0.3, -0.25) is 9.69 Å². The van der Waals surface area contributed by atoms with Crippen LogP contribution in [0.2, 0.25) is 5.02 Å². The molecule has 3 heterocycles. The number of pyridine rings is 1. The molecule has 0 saturated carbocycles. The third-order valence-corrected chi connectivity index (χ3v) is 3.21. The summed E-state index contributed by atoms with van der Waals surface area (Å²) in [7, 11) is 0. The predicted octanol–water partition coefficient (Wildman–Crippen LogP) is 0.728. The summed E-state index contributed by atoms with van der Waals surface area (Å²) in [5.74, 6) is 0.266. The first-order chi connectivity index (χ1) is 8.67. The lowest BCUT2D eigenvalue weighted by atomic mass is 10.1. The minimum Gasteiger partial charge on any atom is -0.396 e. The number of rotatable bonds is 2. The maximum Gasteiger partial charge on any atom is 0.252 e. The number of anilines is 1. The van der Waals surface area contributed by atoms with Gasteiger partial charge in [-0.1, -0.05) is 11.6 Å². The molecular formula is C11H11ClN4O2. The van der Waals surface area contributed by atoms with Gasteiger partial charge in [0.25, 0.3) is 5.95 Å². The molecule has 6 nitrogen and oxygen atoms in total. The summed E-state index contributed by atoms with van der Waals surface area (Å²) in [4.78, 5) is 17.6. The van der Waals surface area contributed by atoms with E-state index in [0.717, 1.165) is 0 Å². The molecule has 1 unspecified atom stereocenters. The smallest absolute Gasteiger partial charge is 0.252 e. The number of hydrogen-bond acceptors (Lipinski definition) is 4. The van der Waals surface area contributed by atoms with E-state index < -0.39 is 0 Å². The number of fused-ring (bicyclic) bond motifs is 1. The van der Waals surface area contributed by atoms with Crippen molar-refractivity contribution in [3.05, 3.63) is 23.4 Å². The molecule has 2 aromatic heterocycles. The number of aliphatic hydroxyl groups is 1. The van der Waals surface area contributed by atoms with E-state index in [-0.39, 0.29) is 18.4 Å². The van der Waals surface area contributed by atoms with Crippen molar-refractivity contribution in [2.24, 2.45) is 5.92 Å². The van der Waals surface area contributed by atoms with Gasteiger partial charge in [-0.05, 0) is 12.1 Å². The van der Waals surface area contributed by atoms with E-state index in [1.54, 1.807) is 18.3 Å². The second-order valence-electron chi connectivity index (χ2n) is 4.32. The van der Waals surface area contributed by atoms with Crippen LogP contribution in [0.25, 0.3) is 5.65 Å². The summed E-state index contributed by atoms with van der Waals surface area (Å²) in [6, 6.07) is 3.46. The Hall–Kier alpha value is -1.66. The molecule has 0 bridgehead atoms. The number of aliphatic hydroxyl groups excluding tert-OH is 1. The van der Waals surface area contributed by atoms with Gasteiger partial charge in [0.05, 0.1) is 5.02 Å². The average Bonchev–Trinajstić information content (AvgIpc) is 2.91. The molecule has 3 rings (SSSR count). The predicted molar refractivity (Wildman–Crippen MR) is 65.5 cm³/mol. The Morgan fingerprint density at radius 1 is 1.50 bits per heavy atom. The normalized spacial score (nSPS) is 20.0. The van der Waals surface area contributed by atoms with Crippen LogP contribution in [-0.2, 0) is 4.79 Å². The molecular weight excluding hydrogens is 256 g/mol. The first-order valence-corrected chi connectivity index (χ1v) is 5.98. The molecule has 7 heteroatoms. The molecule has 0 spiro atoms. The average molecular weight is 267 g/mol. The highest BCUT2D eigenvalue weighted by atomic mass is 35.5. The lowest BCUT2D eigenvalue weighted by Crippen LogP contribution is -2.26. The van der Waals surface area contributed by atoms with E-state index >= 15 is 0 Å². The van der Waals surface area contributed by atoms with Crippen molar-refractivity contribution in [3.63, 3.8) is 0 Å². The Morgan fingerprint density at radius 2 is 2.33 bits per heavy atom. The summed E-state index contributed by atoms with van der Waals surface area (Å²) < 4.78 is 1.54. The number of hydrogen-bond donors (Lipinski definition) is 1. The third-order valence-electron chi connectivity index (χ3n) is 2.99. The molecule has 1 aliphatic rings. The molecule has 1 saturated heterocycles. The summed E-state index contributed by atoms with van der Waals surface area (Å²) in [5, 5.41) is 13.9. The van der Waals surface area contributed by atoms with Crippen LogP contribution in [0.3, 0.4) is 0 Å². The highest BCUT2D eigenvalue weighted by Gasteiger charge is 2.32. The second-order valence-corrected chi connectivity index (χ2v) is 4.76. The fourth-order valence-corrected chi connectivity index (χ4v) is 2.21. The lowest BCUT2D eigenvalue weighted by Gasteiger charge is -2.10. The Kier molecular flexibility index (Phi) is 2.68. The van der Waals surface area contributed by atoms with Crippen LogP contribution in [0.15, 0.2) is 18.3 Å². The summed E-state index contributed by atoms with van der Waals surface area (Å²) in [5.41, 5.74) is 0.634. The Labute approximate surface area is 108 Å². The molecule has 1 aliphatic heterocycles. The van der Waals surface area contributed by atoms with Crippen molar-refractivity contribution in [1.29, 1.82) is 0 Å². The van der Waals surface area contributed by atoms with E-state index in [1.165, 1.54) is 9.42 Å². The van der Waals surface area contributed by atoms with E-state index in [0.29, 0.717) is 29.6 Å². The van der Waals surface area contributed by atoms with Gasteiger partial charge in [0, 0.05) is 31.7 Å². The molecule has 18 heavy (non-hydrogen) atoms. The minimum atomic E-state index is -0.0592. The highest BCUT2D eigenvalue weighted by molar-refractivity contribution is 6.30. The van der Waals surface area contributed by atoms with Crippen molar-refractivity contribution in [2.75, 3.05) is 18.1 Å². The standard InChI is InChI=1S/C11H11ClN4O2/c12-8-1-2-9-13-11(14-16(9)5-8)15-4-7(6-17)3-10(15)18/h1-2,5,7,17H,3-4,6H2. The molecule has 2 aromatic rings. The van der Waals surface area contributed by atoms with Crippen molar-refractivity contribution in [2.45, 2.75) is 6.42 Å². The highest BCUT2D eigenvalue weighted by Crippen LogP contribution is 2.22. The largest absolute Gasteiger partial charge is 0.396 e.